The number of rotatable bonds is 27. The third kappa shape index (κ3) is 14.9. The van der Waals surface area contributed by atoms with Crippen LogP contribution in [0.2, 0.25) is 0 Å². The molecule has 0 atom stereocenters. The Bertz CT molecular complexity index is 7250. The number of carbonyl (C=O) groups excluding carboxylic acids is 12. The van der Waals surface area contributed by atoms with Crippen molar-refractivity contribution in [3.05, 3.63) is 212 Å². The number of hydrogen-bond donors (Lipinski definition) is 0. The van der Waals surface area contributed by atoms with Crippen molar-refractivity contribution in [1.82, 2.24) is 29.4 Å². The van der Waals surface area contributed by atoms with Crippen LogP contribution in [0.5, 0.6) is 0 Å². The smallest absolute Gasteiger partial charge is 0.261 e. The third-order valence-corrected chi connectivity index (χ3v) is 29.9. The maximum Gasteiger partial charge on any atom is 0.261 e. The van der Waals surface area contributed by atoms with E-state index < -0.39 is 0 Å². The van der Waals surface area contributed by atoms with Gasteiger partial charge in [0.15, 0.2) is 0 Å². The van der Waals surface area contributed by atoms with E-state index in [1.165, 1.54) is 29.4 Å². The van der Waals surface area contributed by atoms with Crippen molar-refractivity contribution in [3.63, 3.8) is 0 Å². The summed E-state index contributed by atoms with van der Waals surface area (Å²) in [7, 11) is 0. The van der Waals surface area contributed by atoms with Crippen molar-refractivity contribution < 1.29 is 57.5 Å². The highest BCUT2D eigenvalue weighted by molar-refractivity contribution is 6.45. The lowest BCUT2D eigenvalue weighted by atomic mass is 9.82. The van der Waals surface area contributed by atoms with E-state index in [0.29, 0.717) is 148 Å². The first-order valence-corrected chi connectivity index (χ1v) is 49.5. The summed E-state index contributed by atoms with van der Waals surface area (Å²) >= 11 is 0. The van der Waals surface area contributed by atoms with Gasteiger partial charge in [-0.25, -0.2) is 0 Å². The molecule has 135 heavy (non-hydrogen) atoms. The molecule has 6 aliphatic heterocycles. The Hall–Kier alpha value is -13.0. The second kappa shape index (κ2) is 34.7. The maximum atomic E-state index is 14.0. The molecule has 0 unspecified atom stereocenters. The quantitative estimate of drug-likeness (QED) is 0.0203. The fourth-order valence-electron chi connectivity index (χ4n) is 23.3. The molecule has 12 amide bonds. The number of hydrogen-bond acceptors (Lipinski definition) is 12. The zero-order valence-corrected chi connectivity index (χ0v) is 80.6. The molecule has 0 fully saturated rings. The molecule has 6 aliphatic rings. The minimum atomic E-state index is -0.280. The molecule has 0 saturated carbocycles. The van der Waals surface area contributed by atoms with Gasteiger partial charge in [-0.05, 0) is 264 Å². The molecule has 15 aromatic rings. The highest BCUT2D eigenvalue weighted by Gasteiger charge is 2.44. The lowest BCUT2D eigenvalue weighted by Gasteiger charge is -2.34. The number of unbranched alkanes of at least 4 members (excludes halogenated alkanes) is 9. The first-order valence-electron chi connectivity index (χ1n) is 49.5. The Labute approximate surface area is 787 Å². The second-order valence-electron chi connectivity index (χ2n) is 42.6. The van der Waals surface area contributed by atoms with Gasteiger partial charge in [0.05, 0.1) is 0 Å². The molecular weight excluding hydrogens is 1680 g/mol. The summed E-state index contributed by atoms with van der Waals surface area (Å²) in [6.07, 6.45) is 20.3. The van der Waals surface area contributed by atoms with Crippen molar-refractivity contribution in [3.8, 4) is 0 Å². The molecule has 0 spiro atoms. The van der Waals surface area contributed by atoms with Crippen LogP contribution in [0, 0.1) is 16.2 Å². The van der Waals surface area contributed by atoms with Crippen LogP contribution in [0.3, 0.4) is 0 Å². The Balaban J connectivity index is 0.000000130. The van der Waals surface area contributed by atoms with Gasteiger partial charge in [-0.15, -0.1) is 0 Å². The lowest BCUT2D eigenvalue weighted by molar-refractivity contribution is 0.0508. The number of fused-ring (bicyclic) bond motifs is 6. The first kappa shape index (κ1) is 91.2. The van der Waals surface area contributed by atoms with Gasteiger partial charge in [0.2, 0.25) is 0 Å². The summed E-state index contributed by atoms with van der Waals surface area (Å²) < 4.78 is 0. The monoisotopic (exact) mass is 1800 g/mol. The summed E-state index contributed by atoms with van der Waals surface area (Å²) in [4.78, 5) is 174. The van der Waals surface area contributed by atoms with E-state index in [1.807, 2.05) is 173 Å². The summed E-state index contributed by atoms with van der Waals surface area (Å²) in [6.45, 7) is 33.4. The Morgan fingerprint density at radius 1 is 0.207 bits per heavy atom. The van der Waals surface area contributed by atoms with Crippen LogP contribution in [0.1, 0.15) is 363 Å². The van der Waals surface area contributed by atoms with Gasteiger partial charge < -0.3 is 0 Å². The molecule has 690 valence electrons. The van der Waals surface area contributed by atoms with Gasteiger partial charge in [-0.2, -0.15) is 0 Å². The average molecular weight is 1800 g/mol. The highest BCUT2D eigenvalue weighted by Crippen LogP contribution is 2.52. The molecular formula is C117H120N6O12. The van der Waals surface area contributed by atoms with Crippen LogP contribution in [-0.2, 0) is 0 Å². The van der Waals surface area contributed by atoms with Crippen molar-refractivity contribution in [2.45, 2.75) is 257 Å². The summed E-state index contributed by atoms with van der Waals surface area (Å²) in [5.74, 6) is -2.91. The number of imide groups is 6. The average Bonchev–Trinajstić information content (AvgIpc) is 0.696. The lowest BCUT2D eigenvalue weighted by Crippen LogP contribution is -2.47. The fraction of sp³-hybridized carbons (Fsp3) is 0.385. The Kier molecular flexibility index (Phi) is 23.5. The number of nitrogens with zero attached hydrogens (tertiary/aromatic N) is 6. The van der Waals surface area contributed by atoms with Gasteiger partial charge in [0.25, 0.3) is 70.9 Å². The molecule has 21 rings (SSSR count). The largest absolute Gasteiger partial charge is 0.274 e. The second-order valence-corrected chi connectivity index (χ2v) is 42.6. The normalized spacial score (nSPS) is 15.3. The molecule has 15 aromatic carbocycles. The minimum Gasteiger partial charge on any atom is -0.274 e. The molecule has 0 bridgehead atoms. The number of carbonyl (C=O) groups is 12. The molecule has 18 nitrogen and oxygen atoms in total. The van der Waals surface area contributed by atoms with Crippen LogP contribution < -0.4 is 0 Å². The predicted octanol–water partition coefficient (Wildman–Crippen LogP) is 27.3. The van der Waals surface area contributed by atoms with E-state index in [1.54, 1.807) is 0 Å². The minimum absolute atomic E-state index is 0.125. The van der Waals surface area contributed by atoms with Crippen LogP contribution in [0.25, 0.3) is 129 Å². The standard InChI is InChI=1S/C41H44N2O4.C39H40N2O4.C37H36N2O4/c1-6-12-24(13-7-2)43-39(46)31-20-16-27-25-14-18-29-35-30(38(45)42(37(29)44)23-11-9-8-10-22-41(3,4)5)19-15-26(33(25)35)28-17-21-32(40(43)47)36(31)34(27)28;1-6-22(7-2)41-37(44)29-18-14-25-23-12-16-27-33-28(36(43)40(35(27)42)21-11-9-8-10-20-39(3,4)5)17-13-24(31(23)33)26-15-19-30(38(41)45)34(29)32(25)26;1-20(2)39-35(42)27-16-12-23-21-10-14-25-31-26(34(41)38(33(25)40)19-9-7-6-8-18-37(3,4)5)15-11-22(29(21)31)24-13-17-28(36(39)43)32(27)30(23)24/h14-21,24H,6-13,22-23H2,1-5H3;12-19,22H,6-11,20-21H2,1-5H3;10-17,20H,6-9,18-19H2,1-5H3. The Morgan fingerprint density at radius 3 is 0.548 bits per heavy atom. The van der Waals surface area contributed by atoms with E-state index in [9.17, 15) is 57.5 Å². The SMILES string of the molecule is CC(C)N1C(=O)c2ccc3c4ccc5c6c(ccc(c7ccc(c2c37)C1=O)c64)C(=O)N(CCCCCCC(C)(C)C)C5=O.CCC(CC)N1C(=O)c2ccc3c4ccc5c6c(ccc(c7ccc(c2c37)C1=O)c64)C(=O)N(CCCCCCC(C)(C)C)C5=O.CCCC(CCC)N1C(=O)c2ccc3c4ccc5c6c(ccc(c7ccc(c2c37)C1=O)c64)C(=O)N(CCCCCCC(C)(C)C)C5=O. The van der Waals surface area contributed by atoms with Crippen molar-refractivity contribution in [2.75, 3.05) is 19.6 Å². The van der Waals surface area contributed by atoms with Crippen LogP contribution >= 0.6 is 0 Å². The van der Waals surface area contributed by atoms with E-state index in [4.69, 9.17) is 0 Å². The molecule has 0 saturated heterocycles. The number of benzene rings is 15. The van der Waals surface area contributed by atoms with Crippen LogP contribution in [0.4, 0.5) is 0 Å². The molecule has 0 aromatic heterocycles. The van der Waals surface area contributed by atoms with E-state index in [-0.39, 0.29) is 89.0 Å². The van der Waals surface area contributed by atoms with E-state index >= 15 is 0 Å². The van der Waals surface area contributed by atoms with Gasteiger partial charge in [-0.3, -0.25) is 86.9 Å². The third-order valence-electron chi connectivity index (χ3n) is 29.9. The maximum absolute atomic E-state index is 14.0. The number of amides is 12. The first-order chi connectivity index (χ1) is 64.6. The zero-order valence-electron chi connectivity index (χ0n) is 80.6. The van der Waals surface area contributed by atoms with Gasteiger partial charge in [0, 0.05) is 137 Å². The van der Waals surface area contributed by atoms with Gasteiger partial charge in [-0.1, -0.05) is 233 Å². The Morgan fingerprint density at radius 2 is 0.378 bits per heavy atom. The molecule has 0 N–H and O–H groups in total. The zero-order chi connectivity index (χ0) is 95.4. The molecule has 18 heteroatoms. The van der Waals surface area contributed by atoms with Crippen molar-refractivity contribution in [1.29, 1.82) is 0 Å². The fourth-order valence-corrected chi connectivity index (χ4v) is 23.3. The summed E-state index contributed by atoms with van der Waals surface area (Å²) in [5, 5.41) is 20.4. The van der Waals surface area contributed by atoms with Crippen LogP contribution in [0.15, 0.2) is 146 Å². The molecule has 0 radical (unpaired) electrons. The van der Waals surface area contributed by atoms with E-state index in [0.717, 1.165) is 219 Å². The summed E-state index contributed by atoms with van der Waals surface area (Å²) in [6, 6.07) is 45.2. The van der Waals surface area contributed by atoms with E-state index in [2.05, 4.69) is 76.2 Å². The summed E-state index contributed by atoms with van der Waals surface area (Å²) in [5.41, 5.74) is 7.54. The van der Waals surface area contributed by atoms with Gasteiger partial charge in [0.1, 0.15) is 0 Å². The highest BCUT2D eigenvalue weighted by atomic mass is 16.2. The van der Waals surface area contributed by atoms with Crippen LogP contribution in [-0.4, -0.2) is 138 Å². The molecule has 6 heterocycles. The topological polar surface area (TPSA) is 224 Å². The van der Waals surface area contributed by atoms with Crippen molar-refractivity contribution >= 4 is 200 Å². The molecule has 0 aliphatic carbocycles. The van der Waals surface area contributed by atoms with Crippen molar-refractivity contribution in [2.24, 2.45) is 16.2 Å². The predicted molar refractivity (Wildman–Crippen MR) is 541 cm³/mol. The van der Waals surface area contributed by atoms with Gasteiger partial charge >= 0.3 is 0 Å².